The van der Waals surface area contributed by atoms with Crippen LogP contribution in [0, 0.1) is 23.3 Å². The molecule has 1 aliphatic rings. The molecule has 152 valence electrons. The number of halogens is 4. The number of amides is 3. The predicted molar refractivity (Wildman–Crippen MR) is 91.3 cm³/mol. The second-order valence-electron chi connectivity index (χ2n) is 6.45. The summed E-state index contributed by atoms with van der Waals surface area (Å²) in [5.41, 5.74) is -1.63. The molecule has 1 aliphatic heterocycles. The quantitative estimate of drug-likeness (QED) is 0.601. The number of likely N-dealkylation sites (N-methyl/N-ethyl adjacent to an activating group) is 1. The highest BCUT2D eigenvalue weighted by Crippen LogP contribution is 2.30. The van der Waals surface area contributed by atoms with Gasteiger partial charge in [-0.2, -0.15) is 10.1 Å². The highest BCUT2D eigenvalue weighted by atomic mass is 19.2. The minimum atomic E-state index is -1.81. The van der Waals surface area contributed by atoms with E-state index in [1.807, 2.05) is 0 Å². The molecule has 1 N–H and O–H groups in total. The minimum Gasteiger partial charge on any atom is -0.352 e. The third kappa shape index (κ3) is 4.46. The average Bonchev–Trinajstić information content (AvgIpc) is 2.60. The van der Waals surface area contributed by atoms with Gasteiger partial charge in [-0.3, -0.25) is 14.4 Å². The van der Waals surface area contributed by atoms with E-state index in [0.29, 0.717) is 0 Å². The number of hydrogen-bond acceptors (Lipinski definition) is 4. The SMILES string of the molecule is CC(C)NC(=O)CN(C)C(=O)C1=NN(c2c(F)c(F)cc(F)c2F)C(=O)CC1. The fourth-order valence-corrected chi connectivity index (χ4v) is 2.50. The third-order valence-corrected chi connectivity index (χ3v) is 3.76. The van der Waals surface area contributed by atoms with Crippen molar-refractivity contribution in [3.05, 3.63) is 29.3 Å². The van der Waals surface area contributed by atoms with Crippen molar-refractivity contribution in [3.8, 4) is 0 Å². The van der Waals surface area contributed by atoms with Gasteiger partial charge in [0.1, 0.15) is 11.4 Å². The van der Waals surface area contributed by atoms with E-state index in [9.17, 15) is 31.9 Å². The van der Waals surface area contributed by atoms with Gasteiger partial charge in [0.25, 0.3) is 5.91 Å². The normalized spacial score (nSPS) is 14.2. The minimum absolute atomic E-state index is 0.000514. The molecule has 28 heavy (non-hydrogen) atoms. The molecule has 0 aliphatic carbocycles. The van der Waals surface area contributed by atoms with Gasteiger partial charge in [0.2, 0.25) is 11.8 Å². The molecule has 0 spiro atoms. The Balaban J connectivity index is 2.32. The number of hydrogen-bond donors (Lipinski definition) is 1. The maximum Gasteiger partial charge on any atom is 0.270 e. The van der Waals surface area contributed by atoms with Crippen LogP contribution in [-0.2, 0) is 14.4 Å². The van der Waals surface area contributed by atoms with Crippen LogP contribution in [0.25, 0.3) is 0 Å². The lowest BCUT2D eigenvalue weighted by Gasteiger charge is -2.26. The lowest BCUT2D eigenvalue weighted by molar-refractivity contribution is -0.130. The number of carbonyl (C=O) groups excluding carboxylic acids is 3. The zero-order chi connectivity index (χ0) is 21.2. The Bertz CT molecular complexity index is 831. The van der Waals surface area contributed by atoms with Crippen LogP contribution in [0.1, 0.15) is 26.7 Å². The zero-order valence-electron chi connectivity index (χ0n) is 15.4. The maximum absolute atomic E-state index is 14.0. The van der Waals surface area contributed by atoms with Crippen LogP contribution >= 0.6 is 0 Å². The zero-order valence-corrected chi connectivity index (χ0v) is 15.4. The molecule has 0 bridgehead atoms. The van der Waals surface area contributed by atoms with E-state index >= 15 is 0 Å². The monoisotopic (exact) mass is 402 g/mol. The maximum atomic E-state index is 14.0. The second kappa shape index (κ2) is 8.36. The Kier molecular flexibility index (Phi) is 6.37. The Morgan fingerprint density at radius 3 is 2.29 bits per heavy atom. The number of nitrogens with zero attached hydrogens (tertiary/aromatic N) is 3. The fraction of sp³-hybridized carbons (Fsp3) is 0.412. The molecular weight excluding hydrogens is 384 g/mol. The van der Waals surface area contributed by atoms with Crippen molar-refractivity contribution in [1.29, 1.82) is 0 Å². The molecule has 0 saturated carbocycles. The van der Waals surface area contributed by atoms with Gasteiger partial charge in [0.05, 0.1) is 6.54 Å². The van der Waals surface area contributed by atoms with Crippen LogP contribution in [0.4, 0.5) is 23.2 Å². The van der Waals surface area contributed by atoms with E-state index in [4.69, 9.17) is 0 Å². The van der Waals surface area contributed by atoms with Gasteiger partial charge in [-0.05, 0) is 13.8 Å². The predicted octanol–water partition coefficient (Wildman–Crippen LogP) is 1.71. The molecule has 0 atom stereocenters. The molecule has 11 heteroatoms. The number of nitrogens with one attached hydrogen (secondary N) is 1. The van der Waals surface area contributed by atoms with Crippen molar-refractivity contribution < 1.29 is 31.9 Å². The largest absolute Gasteiger partial charge is 0.352 e. The van der Waals surface area contributed by atoms with Gasteiger partial charge in [0.15, 0.2) is 23.3 Å². The Hall–Kier alpha value is -2.98. The van der Waals surface area contributed by atoms with Crippen LogP contribution in [0.2, 0.25) is 0 Å². The summed E-state index contributed by atoms with van der Waals surface area (Å²) in [7, 11) is 1.30. The molecule has 1 aromatic carbocycles. The second-order valence-corrected chi connectivity index (χ2v) is 6.45. The number of anilines is 1. The summed E-state index contributed by atoms with van der Waals surface area (Å²) in [4.78, 5) is 37.2. The molecular formula is C17H18F4N4O3. The first kappa shape index (κ1) is 21.3. The van der Waals surface area contributed by atoms with Crippen molar-refractivity contribution in [3.63, 3.8) is 0 Å². The van der Waals surface area contributed by atoms with Gasteiger partial charge in [-0.25, -0.2) is 17.6 Å². The summed E-state index contributed by atoms with van der Waals surface area (Å²) in [5.74, 6) is -9.20. The van der Waals surface area contributed by atoms with Crippen LogP contribution in [-0.4, -0.2) is 48.0 Å². The smallest absolute Gasteiger partial charge is 0.270 e. The van der Waals surface area contributed by atoms with E-state index in [-0.39, 0.29) is 42.2 Å². The molecule has 0 aromatic heterocycles. The molecule has 1 aromatic rings. The standard InChI is InChI=1S/C17H18F4N4O3/c1-8(2)22-12(26)7-24(3)17(28)11-4-5-13(27)25(23-11)16-14(20)9(18)6-10(19)15(16)21/h6,8H,4-5,7H2,1-3H3,(H,22,26). The first-order valence-corrected chi connectivity index (χ1v) is 8.31. The van der Waals surface area contributed by atoms with Crippen molar-refractivity contribution in [2.24, 2.45) is 5.10 Å². The summed E-state index contributed by atoms with van der Waals surface area (Å²) in [5, 5.41) is 6.31. The number of carbonyl (C=O) groups is 3. The number of benzene rings is 1. The molecule has 0 radical (unpaired) electrons. The lowest BCUT2D eigenvalue weighted by atomic mass is 10.1. The third-order valence-electron chi connectivity index (χ3n) is 3.76. The molecule has 1 heterocycles. The van der Waals surface area contributed by atoms with Crippen LogP contribution in [0.15, 0.2) is 11.2 Å². The molecule has 0 saturated heterocycles. The van der Waals surface area contributed by atoms with Gasteiger partial charge in [0, 0.05) is 32.0 Å². The highest BCUT2D eigenvalue weighted by Gasteiger charge is 2.33. The molecule has 0 unspecified atom stereocenters. The topological polar surface area (TPSA) is 82.1 Å². The van der Waals surface area contributed by atoms with Gasteiger partial charge >= 0.3 is 0 Å². The van der Waals surface area contributed by atoms with E-state index in [2.05, 4.69) is 10.4 Å². The van der Waals surface area contributed by atoms with Crippen LogP contribution in [0.5, 0.6) is 0 Å². The Morgan fingerprint density at radius 1 is 1.18 bits per heavy atom. The summed E-state index contributed by atoms with van der Waals surface area (Å²) in [6, 6.07) is -0.149. The first-order chi connectivity index (χ1) is 13.0. The van der Waals surface area contributed by atoms with E-state index < -0.39 is 46.7 Å². The van der Waals surface area contributed by atoms with Gasteiger partial charge in [-0.15, -0.1) is 0 Å². The van der Waals surface area contributed by atoms with E-state index in [1.54, 1.807) is 13.8 Å². The van der Waals surface area contributed by atoms with Crippen molar-refractivity contribution in [2.75, 3.05) is 18.6 Å². The van der Waals surface area contributed by atoms with Crippen molar-refractivity contribution in [2.45, 2.75) is 32.7 Å². The summed E-state index contributed by atoms with van der Waals surface area (Å²) < 4.78 is 54.9. The summed E-state index contributed by atoms with van der Waals surface area (Å²) in [6.45, 7) is 3.15. The fourth-order valence-electron chi connectivity index (χ4n) is 2.50. The van der Waals surface area contributed by atoms with Crippen molar-refractivity contribution in [1.82, 2.24) is 10.2 Å². The number of rotatable bonds is 5. The first-order valence-electron chi connectivity index (χ1n) is 8.31. The van der Waals surface area contributed by atoms with Crippen LogP contribution < -0.4 is 10.3 Å². The van der Waals surface area contributed by atoms with E-state index in [0.717, 1.165) is 4.90 Å². The average molecular weight is 402 g/mol. The lowest BCUT2D eigenvalue weighted by Crippen LogP contribution is -2.45. The molecule has 0 fully saturated rings. The highest BCUT2D eigenvalue weighted by molar-refractivity contribution is 6.40. The van der Waals surface area contributed by atoms with Gasteiger partial charge < -0.3 is 10.2 Å². The molecule has 3 amide bonds. The van der Waals surface area contributed by atoms with E-state index in [1.165, 1.54) is 7.05 Å². The van der Waals surface area contributed by atoms with Crippen LogP contribution in [0.3, 0.4) is 0 Å². The van der Waals surface area contributed by atoms with Gasteiger partial charge in [-0.1, -0.05) is 0 Å². The Morgan fingerprint density at radius 2 is 1.75 bits per heavy atom. The van der Waals surface area contributed by atoms with Crippen molar-refractivity contribution >= 4 is 29.1 Å². The summed E-state index contributed by atoms with van der Waals surface area (Å²) >= 11 is 0. The molecule has 7 nitrogen and oxygen atoms in total. The summed E-state index contributed by atoms with van der Waals surface area (Å²) in [6.07, 6.45) is -0.529. The number of hydrazone groups is 1. The Labute approximate surface area is 158 Å². The molecule has 2 rings (SSSR count).